The summed E-state index contributed by atoms with van der Waals surface area (Å²) in [7, 11) is 0. The molecule has 0 aromatic heterocycles. The van der Waals surface area contributed by atoms with Gasteiger partial charge in [0.2, 0.25) is 0 Å². The molecule has 2 nitrogen and oxygen atoms in total. The minimum Gasteiger partial charge on any atom is -0.487 e. The van der Waals surface area contributed by atoms with Crippen LogP contribution in [-0.2, 0) is 26.4 Å². The predicted octanol–water partition coefficient (Wildman–Crippen LogP) is 11.7. The summed E-state index contributed by atoms with van der Waals surface area (Å²) in [4.78, 5) is 0. The lowest BCUT2D eigenvalue weighted by Crippen LogP contribution is -2.55. The first-order valence-electron chi connectivity index (χ1n) is 23.8. The van der Waals surface area contributed by atoms with Crippen molar-refractivity contribution < 1.29 is 9.47 Å². The molecule has 16 bridgehead atoms. The first-order valence-corrected chi connectivity index (χ1v) is 23.8. The van der Waals surface area contributed by atoms with Gasteiger partial charge >= 0.3 is 0 Å². The number of benzene rings is 1. The van der Waals surface area contributed by atoms with E-state index in [1.54, 1.807) is 82.8 Å². The SMILES string of the molecule is CC(Oc1c(C23CC4CC(CC(C4)C2)C3)c(C23CC4CC(CC(C4)C2)C3)cc(C23CC4CC(CC(C4)C2)C3)c1C12CC3CC(CC(C3)C1)C2)C1CO1. The Hall–Kier alpha value is -1.02. The molecule has 2 heteroatoms. The molecule has 16 aliphatic carbocycles. The number of ether oxygens (including phenoxy) is 2. The van der Waals surface area contributed by atoms with Crippen molar-refractivity contribution >= 4 is 0 Å². The summed E-state index contributed by atoms with van der Waals surface area (Å²) in [5.74, 6) is 13.4. The van der Waals surface area contributed by atoms with Crippen molar-refractivity contribution in [2.24, 2.45) is 71.0 Å². The summed E-state index contributed by atoms with van der Waals surface area (Å²) < 4.78 is 14.2. The second-order valence-corrected chi connectivity index (χ2v) is 24.5. The molecule has 17 fully saturated rings. The van der Waals surface area contributed by atoms with Crippen LogP contribution in [0.2, 0.25) is 0 Å². The summed E-state index contributed by atoms with van der Waals surface area (Å²) >= 11 is 0. The van der Waals surface area contributed by atoms with Crippen molar-refractivity contribution in [3.63, 3.8) is 0 Å². The lowest BCUT2D eigenvalue weighted by Gasteiger charge is -2.63. The summed E-state index contributed by atoms with van der Waals surface area (Å²) in [5, 5.41) is 0. The third-order valence-corrected chi connectivity index (χ3v) is 20.8. The minimum absolute atomic E-state index is 0.177. The van der Waals surface area contributed by atoms with Crippen LogP contribution in [0.15, 0.2) is 6.07 Å². The van der Waals surface area contributed by atoms with Crippen LogP contribution >= 0.6 is 0 Å². The van der Waals surface area contributed by atoms with Crippen LogP contribution in [0.25, 0.3) is 0 Å². The Kier molecular flexibility index (Phi) is 6.15. The Balaban J connectivity index is 1.08. The fourth-order valence-electron chi connectivity index (χ4n) is 21.0. The van der Waals surface area contributed by atoms with Crippen molar-refractivity contribution in [2.75, 3.05) is 6.61 Å². The molecule has 1 aromatic rings. The van der Waals surface area contributed by atoms with Gasteiger partial charge in [0.05, 0.1) is 6.61 Å². The Labute approximate surface area is 315 Å². The molecule has 1 aliphatic heterocycles. The first-order chi connectivity index (χ1) is 25.3. The number of hydrogen-bond donors (Lipinski definition) is 0. The molecule has 0 radical (unpaired) electrons. The van der Waals surface area contributed by atoms with Gasteiger partial charge in [-0.25, -0.2) is 0 Å². The third-order valence-electron chi connectivity index (χ3n) is 20.8. The van der Waals surface area contributed by atoms with E-state index in [1.165, 1.54) is 77.0 Å². The van der Waals surface area contributed by atoms with Crippen LogP contribution in [0, 0.1) is 71.0 Å². The quantitative estimate of drug-likeness (QED) is 0.264. The average molecular weight is 701 g/mol. The number of hydrogen-bond acceptors (Lipinski definition) is 2. The van der Waals surface area contributed by atoms with Gasteiger partial charge in [-0.1, -0.05) is 6.07 Å². The second-order valence-electron chi connectivity index (χ2n) is 24.5. The Morgan fingerprint density at radius 2 is 0.692 bits per heavy atom. The monoisotopic (exact) mass is 701 g/mol. The highest BCUT2D eigenvalue weighted by Gasteiger charge is 2.62. The molecule has 52 heavy (non-hydrogen) atoms. The molecule has 280 valence electrons. The van der Waals surface area contributed by atoms with Crippen LogP contribution in [0.3, 0.4) is 0 Å². The van der Waals surface area contributed by atoms with Gasteiger partial charge in [-0.15, -0.1) is 0 Å². The highest BCUT2D eigenvalue weighted by Crippen LogP contribution is 2.72. The van der Waals surface area contributed by atoms with E-state index in [4.69, 9.17) is 9.47 Å². The van der Waals surface area contributed by atoms with Crippen molar-refractivity contribution in [1.29, 1.82) is 0 Å². The fraction of sp³-hybridized carbons (Fsp3) is 0.880. The second kappa shape index (κ2) is 10.3. The third kappa shape index (κ3) is 4.30. The molecule has 1 saturated heterocycles. The van der Waals surface area contributed by atoms with Crippen molar-refractivity contribution in [2.45, 2.75) is 195 Å². The van der Waals surface area contributed by atoms with Gasteiger partial charge in [-0.2, -0.15) is 0 Å². The highest BCUT2D eigenvalue weighted by molar-refractivity contribution is 5.63. The van der Waals surface area contributed by atoms with Crippen LogP contribution < -0.4 is 4.74 Å². The summed E-state index contributed by atoms with van der Waals surface area (Å²) in [6.07, 6.45) is 37.0. The van der Waals surface area contributed by atoms with Gasteiger partial charge in [-0.05, 0) is 254 Å². The van der Waals surface area contributed by atoms with Crippen LogP contribution in [0.5, 0.6) is 5.75 Å². The maximum Gasteiger partial charge on any atom is 0.127 e. The molecule has 1 aromatic carbocycles. The topological polar surface area (TPSA) is 21.8 Å². The van der Waals surface area contributed by atoms with Gasteiger partial charge in [0, 0.05) is 22.0 Å². The Bertz CT molecular complexity index is 1440. The van der Waals surface area contributed by atoms with Gasteiger partial charge in [-0.3, -0.25) is 0 Å². The molecule has 0 spiro atoms. The van der Waals surface area contributed by atoms with E-state index in [1.807, 2.05) is 22.3 Å². The lowest BCUT2D eigenvalue weighted by atomic mass is 9.41. The predicted molar refractivity (Wildman–Crippen MR) is 206 cm³/mol. The lowest BCUT2D eigenvalue weighted by molar-refractivity contribution is -0.0253. The zero-order valence-corrected chi connectivity index (χ0v) is 32.7. The smallest absolute Gasteiger partial charge is 0.127 e. The summed E-state index contributed by atoms with van der Waals surface area (Å²) in [5.41, 5.74) is 9.33. The molecule has 17 aliphatic rings. The van der Waals surface area contributed by atoms with E-state index in [9.17, 15) is 0 Å². The number of rotatable bonds is 7. The van der Waals surface area contributed by atoms with Gasteiger partial charge < -0.3 is 9.47 Å². The van der Waals surface area contributed by atoms with Crippen LogP contribution in [0.1, 0.15) is 183 Å². The standard InChI is InChI=1S/C50H68O2/c1-28(43-27-51-43)52-46-44(49-21-35-8-36(22-49)10-37(9-35)23-49)41(47-15-29-2-30(16-47)4-31(3-29)17-47)14-42(48-18-32-5-33(19-48)7-34(6-32)20-48)45(46)50-24-38-11-39(25-50)13-40(12-38)26-50/h14,28-40,43H,2-13,15-27H2,1H3. The molecule has 0 amide bonds. The first kappa shape index (κ1) is 31.1. The van der Waals surface area contributed by atoms with Crippen LogP contribution in [0.4, 0.5) is 0 Å². The van der Waals surface area contributed by atoms with E-state index < -0.39 is 0 Å². The van der Waals surface area contributed by atoms with Crippen molar-refractivity contribution in [3.8, 4) is 5.75 Å². The van der Waals surface area contributed by atoms with Crippen LogP contribution in [-0.4, -0.2) is 18.8 Å². The maximum atomic E-state index is 8.06. The average Bonchev–Trinajstić information content (AvgIpc) is 3.92. The van der Waals surface area contributed by atoms with E-state index in [2.05, 4.69) is 13.0 Å². The minimum atomic E-state index is 0.177. The molecule has 18 rings (SSSR count). The fourth-order valence-corrected chi connectivity index (χ4v) is 21.0. The van der Waals surface area contributed by atoms with E-state index in [0.29, 0.717) is 27.8 Å². The molecule has 16 saturated carbocycles. The maximum absolute atomic E-state index is 8.06. The van der Waals surface area contributed by atoms with Crippen molar-refractivity contribution in [1.82, 2.24) is 0 Å². The molecular weight excluding hydrogens is 633 g/mol. The molecule has 1 heterocycles. The van der Waals surface area contributed by atoms with E-state index >= 15 is 0 Å². The highest BCUT2D eigenvalue weighted by atomic mass is 16.6. The molecule has 0 N–H and O–H groups in total. The van der Waals surface area contributed by atoms with Gasteiger partial charge in [0.15, 0.2) is 0 Å². The largest absolute Gasteiger partial charge is 0.487 e. The molecule has 2 atom stereocenters. The number of epoxide rings is 1. The van der Waals surface area contributed by atoms with Gasteiger partial charge in [0.25, 0.3) is 0 Å². The Morgan fingerprint density at radius 1 is 0.442 bits per heavy atom. The molecule has 2 unspecified atom stereocenters. The zero-order valence-electron chi connectivity index (χ0n) is 32.7. The van der Waals surface area contributed by atoms with E-state index in [-0.39, 0.29) is 6.10 Å². The molecular formula is C50H68O2. The van der Waals surface area contributed by atoms with Crippen molar-refractivity contribution in [3.05, 3.63) is 28.3 Å². The van der Waals surface area contributed by atoms with Gasteiger partial charge in [0.1, 0.15) is 18.0 Å². The summed E-state index contributed by atoms with van der Waals surface area (Å²) in [6, 6.07) is 3.20. The Morgan fingerprint density at radius 3 is 0.942 bits per heavy atom. The summed E-state index contributed by atoms with van der Waals surface area (Å²) in [6.45, 7) is 3.35. The van der Waals surface area contributed by atoms with E-state index in [0.717, 1.165) is 77.6 Å². The normalized spacial score (nSPS) is 56.9. The zero-order chi connectivity index (χ0) is 33.8.